The van der Waals surface area contributed by atoms with Gasteiger partial charge in [0.15, 0.2) is 0 Å². The molecule has 0 saturated carbocycles. The van der Waals surface area contributed by atoms with Crippen LogP contribution in [0, 0.1) is 12.7 Å². The van der Waals surface area contributed by atoms with Crippen molar-refractivity contribution < 1.29 is 9.50 Å². The quantitative estimate of drug-likeness (QED) is 0.664. The first kappa shape index (κ1) is 13.2. The van der Waals surface area contributed by atoms with Gasteiger partial charge in [-0.15, -0.1) is 22.7 Å². The maximum Gasteiger partial charge on any atom is 0.124 e. The van der Waals surface area contributed by atoms with Gasteiger partial charge in [0, 0.05) is 23.8 Å². The molecule has 1 atom stereocenters. The van der Waals surface area contributed by atoms with Crippen LogP contribution in [0.25, 0.3) is 10.1 Å². The van der Waals surface area contributed by atoms with Crippen LogP contribution in [0.5, 0.6) is 0 Å². The Balaban J connectivity index is 2.03. The minimum atomic E-state index is -0.643. The molecule has 0 aliphatic rings. The van der Waals surface area contributed by atoms with Crippen LogP contribution in [-0.4, -0.2) is 5.11 Å². The molecule has 0 aliphatic heterocycles. The molecule has 1 aromatic carbocycles. The highest BCUT2D eigenvalue weighted by Crippen LogP contribution is 2.38. The molecule has 0 radical (unpaired) electrons. The second-order valence-corrected chi connectivity index (χ2v) is 7.54. The molecular weight excluding hydrogens is 347 g/mol. The van der Waals surface area contributed by atoms with Crippen molar-refractivity contribution in [2.24, 2.45) is 0 Å². The van der Waals surface area contributed by atoms with E-state index in [0.29, 0.717) is 0 Å². The summed E-state index contributed by atoms with van der Waals surface area (Å²) in [5, 5.41) is 11.4. The second kappa shape index (κ2) is 4.98. The molecule has 1 nitrogen and oxygen atoms in total. The van der Waals surface area contributed by atoms with Crippen LogP contribution in [0.4, 0.5) is 4.39 Å². The van der Waals surface area contributed by atoms with Crippen LogP contribution in [0.15, 0.2) is 34.8 Å². The van der Waals surface area contributed by atoms with Crippen molar-refractivity contribution in [3.8, 4) is 0 Å². The summed E-state index contributed by atoms with van der Waals surface area (Å²) < 4.78 is 15.0. The summed E-state index contributed by atoms with van der Waals surface area (Å²) in [6.45, 7) is 2.01. The Labute approximate surface area is 126 Å². The largest absolute Gasteiger partial charge is 0.382 e. The fourth-order valence-corrected chi connectivity index (χ4v) is 4.65. The Morgan fingerprint density at radius 3 is 2.58 bits per heavy atom. The van der Waals surface area contributed by atoms with Gasteiger partial charge in [0.2, 0.25) is 0 Å². The fraction of sp³-hybridized carbons (Fsp3) is 0.143. The summed E-state index contributed by atoms with van der Waals surface area (Å²) in [5.74, 6) is -0.245. The lowest BCUT2D eigenvalue weighted by Gasteiger charge is -2.04. The SMILES string of the molecule is Cc1sc(C(O)c2cc3ccc(F)cc3s2)cc1Br. The molecule has 2 heterocycles. The highest BCUT2D eigenvalue weighted by Gasteiger charge is 2.17. The number of rotatable bonds is 2. The Morgan fingerprint density at radius 2 is 1.89 bits per heavy atom. The molecule has 2 aromatic heterocycles. The molecule has 0 aliphatic carbocycles. The number of hydrogen-bond donors (Lipinski definition) is 1. The molecule has 3 aromatic rings. The first-order chi connectivity index (χ1) is 9.04. The Morgan fingerprint density at radius 1 is 1.16 bits per heavy atom. The second-order valence-electron chi connectivity index (χ2n) is 4.29. The summed E-state index contributed by atoms with van der Waals surface area (Å²) in [4.78, 5) is 2.88. The minimum absolute atomic E-state index is 0.245. The standard InChI is InChI=1S/C14H10BrFOS2/c1-7-10(15)6-13(18-7)14(17)12-4-8-2-3-9(16)5-11(8)19-12/h2-6,14,17H,1H3. The van der Waals surface area contributed by atoms with Crippen LogP contribution in [0.2, 0.25) is 0 Å². The average Bonchev–Trinajstić information content (AvgIpc) is 2.92. The third-order valence-corrected chi connectivity index (χ3v) is 6.26. The minimum Gasteiger partial charge on any atom is -0.382 e. The Kier molecular flexibility index (Phi) is 3.47. The van der Waals surface area contributed by atoms with Crippen molar-refractivity contribution in [2.75, 3.05) is 0 Å². The molecule has 0 bridgehead atoms. The van der Waals surface area contributed by atoms with E-state index in [4.69, 9.17) is 0 Å². The zero-order valence-electron chi connectivity index (χ0n) is 9.98. The van der Waals surface area contributed by atoms with Crippen molar-refractivity contribution >= 4 is 48.7 Å². The fourth-order valence-electron chi connectivity index (χ4n) is 1.92. The number of aryl methyl sites for hydroxylation is 1. The van der Waals surface area contributed by atoms with E-state index in [-0.39, 0.29) is 5.82 Å². The number of hydrogen-bond acceptors (Lipinski definition) is 3. The molecule has 0 amide bonds. The van der Waals surface area contributed by atoms with Crippen molar-refractivity contribution in [1.82, 2.24) is 0 Å². The zero-order valence-corrected chi connectivity index (χ0v) is 13.2. The van der Waals surface area contributed by atoms with Crippen molar-refractivity contribution in [3.63, 3.8) is 0 Å². The van der Waals surface area contributed by atoms with Gasteiger partial charge in [-0.25, -0.2) is 4.39 Å². The third-order valence-electron chi connectivity index (χ3n) is 2.92. The van der Waals surface area contributed by atoms with E-state index in [1.165, 1.54) is 23.5 Å². The third kappa shape index (κ3) is 2.48. The van der Waals surface area contributed by atoms with E-state index in [0.717, 1.165) is 29.2 Å². The van der Waals surface area contributed by atoms with Gasteiger partial charge < -0.3 is 5.11 Å². The molecule has 3 rings (SSSR count). The molecule has 0 fully saturated rings. The van der Waals surface area contributed by atoms with Gasteiger partial charge in [-0.2, -0.15) is 0 Å². The van der Waals surface area contributed by atoms with E-state index in [1.54, 1.807) is 17.4 Å². The number of aliphatic hydroxyl groups is 1. The molecule has 1 N–H and O–H groups in total. The number of halogens is 2. The molecular formula is C14H10BrFOS2. The molecule has 19 heavy (non-hydrogen) atoms. The maximum absolute atomic E-state index is 13.2. The highest BCUT2D eigenvalue weighted by molar-refractivity contribution is 9.10. The zero-order chi connectivity index (χ0) is 13.6. The predicted octanol–water partition coefficient (Wildman–Crippen LogP) is 5.25. The van der Waals surface area contributed by atoms with E-state index in [1.807, 2.05) is 19.1 Å². The summed E-state index contributed by atoms with van der Waals surface area (Å²) in [7, 11) is 0. The molecule has 0 spiro atoms. The number of thiophene rings is 2. The lowest BCUT2D eigenvalue weighted by atomic mass is 10.2. The van der Waals surface area contributed by atoms with Crippen molar-refractivity contribution in [3.05, 3.63) is 55.3 Å². The first-order valence-electron chi connectivity index (χ1n) is 5.67. The van der Waals surface area contributed by atoms with E-state index in [2.05, 4.69) is 15.9 Å². The van der Waals surface area contributed by atoms with Gasteiger partial charge in [-0.3, -0.25) is 0 Å². The average molecular weight is 357 g/mol. The van der Waals surface area contributed by atoms with E-state index >= 15 is 0 Å². The van der Waals surface area contributed by atoms with Crippen molar-refractivity contribution in [1.29, 1.82) is 0 Å². The predicted molar refractivity (Wildman–Crippen MR) is 82.6 cm³/mol. The number of aliphatic hydroxyl groups excluding tert-OH is 1. The number of fused-ring (bicyclic) bond motifs is 1. The van der Waals surface area contributed by atoms with Crippen LogP contribution in [-0.2, 0) is 0 Å². The van der Waals surface area contributed by atoms with Gasteiger partial charge in [0.05, 0.1) is 0 Å². The first-order valence-corrected chi connectivity index (χ1v) is 8.10. The Hall–Kier alpha value is -0.750. The van der Waals surface area contributed by atoms with Crippen LogP contribution in [0.3, 0.4) is 0 Å². The molecule has 98 valence electrons. The van der Waals surface area contributed by atoms with Crippen LogP contribution in [0.1, 0.15) is 20.7 Å². The maximum atomic E-state index is 13.2. The van der Waals surface area contributed by atoms with E-state index < -0.39 is 6.10 Å². The normalized spacial score (nSPS) is 13.1. The van der Waals surface area contributed by atoms with Gasteiger partial charge in [-0.1, -0.05) is 6.07 Å². The van der Waals surface area contributed by atoms with Gasteiger partial charge in [-0.05, 0) is 52.5 Å². The summed E-state index contributed by atoms with van der Waals surface area (Å²) in [6.07, 6.45) is -0.643. The lowest BCUT2D eigenvalue weighted by molar-refractivity contribution is 0.228. The van der Waals surface area contributed by atoms with Gasteiger partial charge in [0.1, 0.15) is 11.9 Å². The number of benzene rings is 1. The van der Waals surface area contributed by atoms with Crippen LogP contribution >= 0.6 is 38.6 Å². The van der Waals surface area contributed by atoms with Crippen LogP contribution < -0.4 is 0 Å². The highest BCUT2D eigenvalue weighted by atomic mass is 79.9. The molecule has 0 saturated heterocycles. The topological polar surface area (TPSA) is 20.2 Å². The molecule has 1 unspecified atom stereocenters. The molecule has 5 heteroatoms. The van der Waals surface area contributed by atoms with Gasteiger partial charge in [0.25, 0.3) is 0 Å². The Bertz CT molecular complexity index is 728. The van der Waals surface area contributed by atoms with Crippen molar-refractivity contribution in [2.45, 2.75) is 13.0 Å². The summed E-state index contributed by atoms with van der Waals surface area (Å²) in [6, 6.07) is 8.55. The smallest absolute Gasteiger partial charge is 0.124 e. The monoisotopic (exact) mass is 356 g/mol. The van der Waals surface area contributed by atoms with E-state index in [9.17, 15) is 9.50 Å². The summed E-state index contributed by atoms with van der Waals surface area (Å²) in [5.41, 5.74) is 0. The van der Waals surface area contributed by atoms with Gasteiger partial charge >= 0.3 is 0 Å². The summed E-state index contributed by atoms with van der Waals surface area (Å²) >= 11 is 6.45. The lowest BCUT2D eigenvalue weighted by Crippen LogP contribution is -1.92.